The van der Waals surface area contributed by atoms with Crippen molar-refractivity contribution in [3.8, 4) is 0 Å². The molecule has 0 saturated heterocycles. The van der Waals surface area contributed by atoms with Crippen LogP contribution in [0.15, 0.2) is 0 Å². The molecule has 0 bridgehead atoms. The minimum atomic E-state index is -0.0953. The van der Waals surface area contributed by atoms with E-state index >= 15 is 0 Å². The lowest BCUT2D eigenvalue weighted by Gasteiger charge is -2.54. The standard InChI is InChI=1S/C59H104N2O3/c1-41-9-7-11-54(37-41)60(52-27-17-46(18-28-52)13-15-48-21-31-56(63-6)32-22-48)58-35-25-50(39-43(58)3)51-26-36-59(44(4)40-51)61(55-12-8-10-42(2)38-55)53-29-19-47(20-30-53)14-16-49-23-33-57(34-24-49)64-45(5)62/h41-44,46-59H,7-40H2,1-6H3. The topological polar surface area (TPSA) is 42.0 Å². The zero-order valence-electron chi connectivity index (χ0n) is 43.1. The normalized spacial score (nSPS) is 44.1. The predicted molar refractivity (Wildman–Crippen MR) is 267 cm³/mol. The summed E-state index contributed by atoms with van der Waals surface area (Å²) in [6.07, 6.45) is 49.2. The largest absolute Gasteiger partial charge is 0.463 e. The molecule has 8 aliphatic rings. The third-order valence-corrected chi connectivity index (χ3v) is 21.1. The first-order valence-electron chi connectivity index (χ1n) is 29.3. The molecule has 0 aromatic rings. The summed E-state index contributed by atoms with van der Waals surface area (Å²) < 4.78 is 11.2. The van der Waals surface area contributed by atoms with E-state index in [2.05, 4.69) is 37.5 Å². The van der Waals surface area contributed by atoms with Crippen LogP contribution in [0.2, 0.25) is 0 Å². The molecule has 5 nitrogen and oxygen atoms in total. The Hall–Kier alpha value is -0.650. The zero-order valence-corrected chi connectivity index (χ0v) is 43.1. The summed E-state index contributed by atoms with van der Waals surface area (Å²) in [5, 5.41) is 0. The maximum absolute atomic E-state index is 11.5. The summed E-state index contributed by atoms with van der Waals surface area (Å²) in [6.45, 7) is 12.2. The number of ether oxygens (including phenoxy) is 2. The van der Waals surface area contributed by atoms with Crippen molar-refractivity contribution in [2.45, 2.75) is 301 Å². The van der Waals surface area contributed by atoms with E-state index in [1.807, 2.05) is 7.11 Å². The third-order valence-electron chi connectivity index (χ3n) is 21.1. The summed E-state index contributed by atoms with van der Waals surface area (Å²) in [6, 6.07) is 5.02. The van der Waals surface area contributed by atoms with E-state index in [1.165, 1.54) is 205 Å². The van der Waals surface area contributed by atoms with Gasteiger partial charge >= 0.3 is 5.97 Å². The lowest BCUT2D eigenvalue weighted by atomic mass is 9.65. The van der Waals surface area contributed by atoms with Crippen molar-refractivity contribution in [2.75, 3.05) is 7.11 Å². The molecule has 0 aromatic heterocycles. The fourth-order valence-electron chi connectivity index (χ4n) is 17.4. The van der Waals surface area contributed by atoms with E-state index in [9.17, 15) is 4.79 Å². The summed E-state index contributed by atoms with van der Waals surface area (Å²) >= 11 is 0. The van der Waals surface area contributed by atoms with Gasteiger partial charge in [-0.15, -0.1) is 0 Å². The Morgan fingerprint density at radius 2 is 0.797 bits per heavy atom. The molecule has 0 spiro atoms. The second-order valence-electron chi connectivity index (χ2n) is 25.6. The SMILES string of the molecule is COC1CCC(CCC2CCC(N(C3CCCC(C)C3)C3CCC(C4CCC(N(C5CCC(CCC6CCC(OC(C)=O)CC6)CC5)C5CCCC(C)C5)C(C)C4)CC3C)CC2)CC1. The Balaban J connectivity index is 0.828. The smallest absolute Gasteiger partial charge is 0.302 e. The van der Waals surface area contributed by atoms with Crippen molar-refractivity contribution in [2.24, 2.45) is 59.2 Å². The molecule has 0 heterocycles. The van der Waals surface area contributed by atoms with Crippen LogP contribution in [-0.4, -0.2) is 71.3 Å². The molecule has 0 aliphatic heterocycles. The second kappa shape index (κ2) is 24.3. The summed E-state index contributed by atoms with van der Waals surface area (Å²) in [7, 11) is 1.92. The number of carbonyl (C=O) groups excluding carboxylic acids is 1. The molecule has 5 heteroatoms. The Morgan fingerprint density at radius 3 is 1.14 bits per heavy atom. The molecule has 8 saturated carbocycles. The lowest BCUT2D eigenvalue weighted by molar-refractivity contribution is -0.148. The van der Waals surface area contributed by atoms with Gasteiger partial charge in [0.1, 0.15) is 6.10 Å². The van der Waals surface area contributed by atoms with Gasteiger partial charge in [0.15, 0.2) is 0 Å². The third kappa shape index (κ3) is 13.4. The van der Waals surface area contributed by atoms with Crippen LogP contribution in [0.4, 0.5) is 0 Å². The van der Waals surface area contributed by atoms with Gasteiger partial charge in [0.2, 0.25) is 0 Å². The van der Waals surface area contributed by atoms with E-state index in [1.54, 1.807) is 6.92 Å². The number of carbonyl (C=O) groups is 1. The van der Waals surface area contributed by atoms with Gasteiger partial charge in [-0.2, -0.15) is 0 Å². The molecule has 0 radical (unpaired) electrons. The van der Waals surface area contributed by atoms with Crippen LogP contribution in [0.25, 0.3) is 0 Å². The van der Waals surface area contributed by atoms with Gasteiger partial charge in [0.25, 0.3) is 0 Å². The van der Waals surface area contributed by atoms with Gasteiger partial charge in [0.05, 0.1) is 6.10 Å². The average Bonchev–Trinajstić information content (AvgIpc) is 3.30. The van der Waals surface area contributed by atoms with Crippen molar-refractivity contribution < 1.29 is 14.3 Å². The summed E-state index contributed by atoms with van der Waals surface area (Å²) in [5.74, 6) is 9.11. The summed E-state index contributed by atoms with van der Waals surface area (Å²) in [5.41, 5.74) is 0. The molecular weight excluding hydrogens is 785 g/mol. The molecule has 0 amide bonds. The van der Waals surface area contributed by atoms with Gasteiger partial charge in [-0.05, 0) is 226 Å². The van der Waals surface area contributed by atoms with Crippen LogP contribution in [0.1, 0.15) is 253 Å². The molecule has 10 unspecified atom stereocenters. The highest BCUT2D eigenvalue weighted by Crippen LogP contribution is 2.49. The molecule has 8 aliphatic carbocycles. The number of methoxy groups -OCH3 is 1. The van der Waals surface area contributed by atoms with Crippen molar-refractivity contribution >= 4 is 5.97 Å². The van der Waals surface area contributed by atoms with Crippen molar-refractivity contribution in [1.82, 2.24) is 9.80 Å². The van der Waals surface area contributed by atoms with E-state index in [4.69, 9.17) is 9.47 Å². The van der Waals surface area contributed by atoms with E-state index in [-0.39, 0.29) is 12.1 Å². The Bertz CT molecular complexity index is 1360. The highest BCUT2D eigenvalue weighted by Gasteiger charge is 2.45. The van der Waals surface area contributed by atoms with Crippen molar-refractivity contribution in [3.63, 3.8) is 0 Å². The fourth-order valence-corrected chi connectivity index (χ4v) is 17.4. The van der Waals surface area contributed by atoms with Gasteiger partial charge in [0, 0.05) is 50.3 Å². The van der Waals surface area contributed by atoms with Crippen molar-refractivity contribution in [1.29, 1.82) is 0 Å². The molecule has 0 N–H and O–H groups in total. The van der Waals surface area contributed by atoms with Crippen LogP contribution in [0.5, 0.6) is 0 Å². The second-order valence-corrected chi connectivity index (χ2v) is 25.6. The van der Waals surface area contributed by atoms with Crippen LogP contribution >= 0.6 is 0 Å². The number of hydrogen-bond acceptors (Lipinski definition) is 5. The minimum absolute atomic E-state index is 0.0953. The molecule has 8 rings (SSSR count). The van der Waals surface area contributed by atoms with Crippen LogP contribution < -0.4 is 0 Å². The van der Waals surface area contributed by atoms with E-state index in [0.29, 0.717) is 6.10 Å². The molecule has 64 heavy (non-hydrogen) atoms. The Kier molecular flexibility index (Phi) is 18.9. The maximum atomic E-state index is 11.5. The Labute approximate surface area is 396 Å². The quantitative estimate of drug-likeness (QED) is 0.153. The number of hydrogen-bond donors (Lipinski definition) is 0. The number of rotatable bonds is 15. The maximum Gasteiger partial charge on any atom is 0.302 e. The molecule has 368 valence electrons. The number of esters is 1. The predicted octanol–water partition coefficient (Wildman–Crippen LogP) is 15.4. The first-order valence-corrected chi connectivity index (χ1v) is 29.3. The van der Waals surface area contributed by atoms with Crippen molar-refractivity contribution in [3.05, 3.63) is 0 Å². The monoisotopic (exact) mass is 889 g/mol. The first kappa shape index (κ1) is 49.8. The highest BCUT2D eigenvalue weighted by molar-refractivity contribution is 5.66. The molecule has 0 aromatic carbocycles. The molecular formula is C59H104N2O3. The van der Waals surface area contributed by atoms with Crippen LogP contribution in [0.3, 0.4) is 0 Å². The molecule has 8 fully saturated rings. The van der Waals surface area contributed by atoms with Gasteiger partial charge in [-0.25, -0.2) is 0 Å². The molecule has 10 atom stereocenters. The zero-order chi connectivity index (χ0) is 44.6. The van der Waals surface area contributed by atoms with Gasteiger partial charge < -0.3 is 9.47 Å². The van der Waals surface area contributed by atoms with Crippen LogP contribution in [-0.2, 0) is 14.3 Å². The highest BCUT2D eigenvalue weighted by atomic mass is 16.5. The summed E-state index contributed by atoms with van der Waals surface area (Å²) in [4.78, 5) is 18.0. The van der Waals surface area contributed by atoms with E-state index in [0.717, 1.165) is 108 Å². The first-order chi connectivity index (χ1) is 31.1. The average molecular weight is 889 g/mol. The Morgan fingerprint density at radius 1 is 0.422 bits per heavy atom. The minimum Gasteiger partial charge on any atom is -0.463 e. The fraction of sp³-hybridized carbons (Fsp3) is 0.983. The van der Waals surface area contributed by atoms with Gasteiger partial charge in [-0.1, -0.05) is 79.1 Å². The van der Waals surface area contributed by atoms with E-state index < -0.39 is 0 Å². The van der Waals surface area contributed by atoms with Crippen LogP contribution in [0, 0.1) is 59.2 Å². The number of nitrogens with zero attached hydrogens (tertiary/aromatic N) is 2. The van der Waals surface area contributed by atoms with Gasteiger partial charge in [-0.3, -0.25) is 14.6 Å². The lowest BCUT2D eigenvalue weighted by Crippen LogP contribution is -2.56.